The predicted molar refractivity (Wildman–Crippen MR) is 32.5 cm³/mol. The van der Waals surface area contributed by atoms with E-state index in [0.717, 1.165) is 5.41 Å². The van der Waals surface area contributed by atoms with Crippen LogP contribution in [0.5, 0.6) is 0 Å². The van der Waals surface area contributed by atoms with Crippen LogP contribution in [0.4, 0.5) is 0 Å². The summed E-state index contributed by atoms with van der Waals surface area (Å²) in [4.78, 5) is 0. The molecule has 0 saturated heterocycles. The molecular weight excluding hydrogens is 96.1 g/mol. The molecule has 3 atom stereocenters. The minimum atomic E-state index is 1.00. The van der Waals surface area contributed by atoms with Gasteiger partial charge in [0, 0.05) is 0 Å². The second-order valence-electron chi connectivity index (χ2n) is 3.96. The molecule has 2 unspecified atom stereocenters. The van der Waals surface area contributed by atoms with Crippen LogP contribution < -0.4 is 0 Å². The molecule has 0 aromatic heterocycles. The minimum Gasteiger partial charge on any atom is -0.0525 e. The Hall–Kier alpha value is 0. The molecule has 1 spiro atoms. The third kappa shape index (κ3) is 0.222. The van der Waals surface area contributed by atoms with E-state index in [-0.39, 0.29) is 0 Å². The summed E-state index contributed by atoms with van der Waals surface area (Å²) in [5.41, 5.74) is 1.00. The van der Waals surface area contributed by atoms with Crippen LogP contribution in [-0.2, 0) is 0 Å². The van der Waals surface area contributed by atoms with Crippen molar-refractivity contribution in [2.24, 2.45) is 17.3 Å². The van der Waals surface area contributed by atoms with Gasteiger partial charge in [0.25, 0.3) is 0 Å². The van der Waals surface area contributed by atoms with Gasteiger partial charge in [-0.2, -0.15) is 0 Å². The first-order valence-corrected chi connectivity index (χ1v) is 3.92. The van der Waals surface area contributed by atoms with Crippen molar-refractivity contribution in [1.82, 2.24) is 0 Å². The van der Waals surface area contributed by atoms with Crippen molar-refractivity contribution in [1.29, 1.82) is 0 Å². The molecule has 0 heteroatoms. The molecule has 3 rings (SSSR count). The zero-order valence-electron chi connectivity index (χ0n) is 5.19. The molecule has 8 heavy (non-hydrogen) atoms. The average molecular weight is 108 g/mol. The van der Waals surface area contributed by atoms with Crippen LogP contribution in [0.1, 0.15) is 32.1 Å². The van der Waals surface area contributed by atoms with Gasteiger partial charge in [-0.05, 0) is 42.9 Å². The molecule has 0 heterocycles. The highest BCUT2D eigenvalue weighted by atomic mass is 14.7. The van der Waals surface area contributed by atoms with Crippen molar-refractivity contribution in [2.45, 2.75) is 32.1 Å². The summed E-state index contributed by atoms with van der Waals surface area (Å²) in [7, 11) is 0. The fourth-order valence-corrected chi connectivity index (χ4v) is 3.23. The van der Waals surface area contributed by atoms with Gasteiger partial charge in [0.15, 0.2) is 0 Å². The van der Waals surface area contributed by atoms with Crippen LogP contribution in [0.3, 0.4) is 0 Å². The molecule has 44 valence electrons. The van der Waals surface area contributed by atoms with Gasteiger partial charge in [-0.3, -0.25) is 0 Å². The van der Waals surface area contributed by atoms with Crippen molar-refractivity contribution in [2.75, 3.05) is 0 Å². The number of hydrogen-bond donors (Lipinski definition) is 0. The largest absolute Gasteiger partial charge is 0.0525 e. The molecule has 3 aliphatic carbocycles. The summed E-state index contributed by atoms with van der Waals surface area (Å²) in [6, 6.07) is 0. The molecule has 3 saturated carbocycles. The quantitative estimate of drug-likeness (QED) is 0.446. The van der Waals surface area contributed by atoms with Gasteiger partial charge in [-0.25, -0.2) is 0 Å². The maximum absolute atomic E-state index is 1.62. The van der Waals surface area contributed by atoms with Crippen LogP contribution in [-0.4, -0.2) is 0 Å². The third-order valence-electron chi connectivity index (χ3n) is 3.86. The molecule has 0 N–H and O–H groups in total. The molecule has 0 amide bonds. The first kappa shape index (κ1) is 3.92. The molecule has 3 aliphatic rings. The second kappa shape index (κ2) is 0.872. The summed E-state index contributed by atoms with van der Waals surface area (Å²) >= 11 is 0. The average Bonchev–Trinajstić information content (AvgIpc) is 1.98. The fourth-order valence-electron chi connectivity index (χ4n) is 3.23. The Morgan fingerprint density at radius 3 is 2.75 bits per heavy atom. The van der Waals surface area contributed by atoms with Crippen molar-refractivity contribution in [3.63, 3.8) is 0 Å². The van der Waals surface area contributed by atoms with Gasteiger partial charge in [0.05, 0.1) is 0 Å². The molecule has 0 bridgehead atoms. The van der Waals surface area contributed by atoms with Crippen molar-refractivity contribution in [3.05, 3.63) is 0 Å². The van der Waals surface area contributed by atoms with Crippen LogP contribution >= 0.6 is 0 Å². The Labute approximate surface area is 50.3 Å². The second-order valence-corrected chi connectivity index (χ2v) is 3.96. The van der Waals surface area contributed by atoms with Gasteiger partial charge >= 0.3 is 0 Å². The lowest BCUT2D eigenvalue weighted by molar-refractivity contribution is 0.200. The molecule has 0 aromatic rings. The van der Waals surface area contributed by atoms with E-state index in [1.165, 1.54) is 11.8 Å². The Kier molecular flexibility index (Phi) is 0.427. The highest BCUT2D eigenvalue weighted by Crippen LogP contribution is 2.77. The molecule has 0 aliphatic heterocycles. The van der Waals surface area contributed by atoms with Gasteiger partial charge in [-0.1, -0.05) is 6.42 Å². The molecular formula is C8H12. The molecule has 0 aromatic carbocycles. The van der Waals surface area contributed by atoms with Crippen molar-refractivity contribution in [3.8, 4) is 0 Å². The summed E-state index contributed by atoms with van der Waals surface area (Å²) in [5.74, 6) is 2.45. The van der Waals surface area contributed by atoms with E-state index in [2.05, 4.69) is 0 Å². The molecule has 0 nitrogen and oxygen atoms in total. The number of hydrogen-bond acceptors (Lipinski definition) is 0. The Balaban J connectivity index is 2.01. The standard InChI is InChI=1S/C8H12/c1-2-6-4-7-5-8(6,7)3-1/h6-7H,1-5H2/t6?,7-,8?/m1/s1. The van der Waals surface area contributed by atoms with E-state index < -0.39 is 0 Å². The van der Waals surface area contributed by atoms with Crippen LogP contribution in [0.25, 0.3) is 0 Å². The first-order chi connectivity index (χ1) is 3.92. The highest BCUT2D eigenvalue weighted by molar-refractivity contribution is 5.17. The number of rotatable bonds is 0. The minimum absolute atomic E-state index is 1.00. The third-order valence-corrected chi connectivity index (χ3v) is 3.86. The lowest BCUT2D eigenvalue weighted by Gasteiger charge is -2.29. The van der Waals surface area contributed by atoms with E-state index in [1.54, 1.807) is 32.1 Å². The summed E-state index contributed by atoms with van der Waals surface area (Å²) in [5, 5.41) is 0. The normalized spacial score (nSPS) is 66.0. The van der Waals surface area contributed by atoms with Crippen LogP contribution in [0.2, 0.25) is 0 Å². The van der Waals surface area contributed by atoms with E-state index in [4.69, 9.17) is 0 Å². The fraction of sp³-hybridized carbons (Fsp3) is 1.00. The molecule has 0 radical (unpaired) electrons. The van der Waals surface area contributed by atoms with Crippen molar-refractivity contribution < 1.29 is 0 Å². The van der Waals surface area contributed by atoms with Gasteiger partial charge < -0.3 is 0 Å². The Morgan fingerprint density at radius 2 is 2.25 bits per heavy atom. The zero-order valence-corrected chi connectivity index (χ0v) is 5.19. The monoisotopic (exact) mass is 108 g/mol. The smallest absolute Gasteiger partial charge is 0.0238 e. The lowest BCUT2D eigenvalue weighted by Crippen LogP contribution is -2.21. The summed E-state index contributed by atoms with van der Waals surface area (Å²) in [6.45, 7) is 0. The maximum atomic E-state index is 1.62. The molecule has 3 fully saturated rings. The van der Waals surface area contributed by atoms with Gasteiger partial charge in [-0.15, -0.1) is 0 Å². The van der Waals surface area contributed by atoms with Gasteiger partial charge in [0.2, 0.25) is 0 Å². The highest BCUT2D eigenvalue weighted by Gasteiger charge is 2.68. The first-order valence-electron chi connectivity index (χ1n) is 3.92. The Bertz CT molecular complexity index is 135. The lowest BCUT2D eigenvalue weighted by atomic mass is 9.76. The van der Waals surface area contributed by atoms with Crippen molar-refractivity contribution >= 4 is 0 Å². The summed E-state index contributed by atoms with van der Waals surface area (Å²) < 4.78 is 0. The maximum Gasteiger partial charge on any atom is -0.0238 e. The van der Waals surface area contributed by atoms with E-state index in [9.17, 15) is 0 Å². The summed E-state index contributed by atoms with van der Waals surface area (Å²) in [6.07, 6.45) is 7.97. The zero-order chi connectivity index (χ0) is 5.19. The SMILES string of the molecule is C1CC2C[C@@H]3CC23C1. The van der Waals surface area contributed by atoms with Crippen LogP contribution in [0.15, 0.2) is 0 Å². The topological polar surface area (TPSA) is 0 Å². The van der Waals surface area contributed by atoms with E-state index in [1.807, 2.05) is 0 Å². The van der Waals surface area contributed by atoms with E-state index in [0.29, 0.717) is 0 Å². The predicted octanol–water partition coefficient (Wildman–Crippen LogP) is 2.20. The Morgan fingerprint density at radius 1 is 1.25 bits per heavy atom. The van der Waals surface area contributed by atoms with Gasteiger partial charge in [0.1, 0.15) is 0 Å². The van der Waals surface area contributed by atoms with Crippen LogP contribution in [0, 0.1) is 17.3 Å². The van der Waals surface area contributed by atoms with E-state index >= 15 is 0 Å².